The number of carbonyl (C=O) groups is 1. The molecule has 116 valence electrons. The Morgan fingerprint density at radius 2 is 2.09 bits per heavy atom. The lowest BCUT2D eigenvalue weighted by atomic mass is 10.2. The summed E-state index contributed by atoms with van der Waals surface area (Å²) in [6.07, 6.45) is 3.22. The number of ether oxygens (including phenoxy) is 2. The van der Waals surface area contributed by atoms with E-state index in [1.165, 1.54) is 25.1 Å². The first-order valence-corrected chi connectivity index (χ1v) is 7.79. The maximum Gasteiger partial charge on any atom is 0.260 e. The minimum absolute atomic E-state index is 0.101. The third kappa shape index (κ3) is 3.61. The van der Waals surface area contributed by atoms with Gasteiger partial charge in [0.15, 0.2) is 5.16 Å². The van der Waals surface area contributed by atoms with Crippen LogP contribution >= 0.6 is 23.4 Å². The van der Waals surface area contributed by atoms with Crippen molar-refractivity contribution in [2.24, 2.45) is 0 Å². The number of anilines is 1. The van der Waals surface area contributed by atoms with Gasteiger partial charge < -0.3 is 14.8 Å². The van der Waals surface area contributed by atoms with E-state index in [1.807, 2.05) is 6.26 Å². The lowest BCUT2D eigenvalue weighted by molar-refractivity contribution is 0.102. The molecule has 1 N–H and O–H groups in total. The van der Waals surface area contributed by atoms with Crippen LogP contribution in [-0.4, -0.2) is 36.4 Å². The molecule has 0 bridgehead atoms. The molecule has 0 spiro atoms. The molecule has 1 aromatic carbocycles. The van der Waals surface area contributed by atoms with E-state index in [-0.39, 0.29) is 10.7 Å². The van der Waals surface area contributed by atoms with Crippen molar-refractivity contribution in [1.82, 2.24) is 9.97 Å². The largest absolute Gasteiger partial charge is 0.497 e. The minimum Gasteiger partial charge on any atom is -0.497 e. The lowest BCUT2D eigenvalue weighted by Crippen LogP contribution is -2.14. The summed E-state index contributed by atoms with van der Waals surface area (Å²) in [5.41, 5.74) is 0.690. The number of hydrogen-bond donors (Lipinski definition) is 1. The van der Waals surface area contributed by atoms with E-state index in [1.54, 1.807) is 25.3 Å². The molecule has 1 heterocycles. The van der Waals surface area contributed by atoms with Crippen LogP contribution in [0.3, 0.4) is 0 Å². The third-order valence-electron chi connectivity index (χ3n) is 2.80. The van der Waals surface area contributed by atoms with Crippen LogP contribution in [0.4, 0.5) is 5.69 Å². The van der Waals surface area contributed by atoms with E-state index in [0.29, 0.717) is 22.3 Å². The van der Waals surface area contributed by atoms with Gasteiger partial charge in [-0.2, -0.15) is 0 Å². The van der Waals surface area contributed by atoms with Gasteiger partial charge in [0.1, 0.15) is 16.7 Å². The Morgan fingerprint density at radius 3 is 2.68 bits per heavy atom. The summed E-state index contributed by atoms with van der Waals surface area (Å²) in [5, 5.41) is 3.32. The van der Waals surface area contributed by atoms with Crippen LogP contribution in [0.5, 0.6) is 11.5 Å². The highest BCUT2D eigenvalue weighted by Gasteiger charge is 2.15. The maximum absolute atomic E-state index is 12.3. The molecule has 2 rings (SSSR count). The summed E-state index contributed by atoms with van der Waals surface area (Å²) in [4.78, 5) is 20.4. The first kappa shape index (κ1) is 16.4. The van der Waals surface area contributed by atoms with Crippen molar-refractivity contribution in [2.75, 3.05) is 25.8 Å². The topological polar surface area (TPSA) is 73.3 Å². The van der Waals surface area contributed by atoms with Crippen molar-refractivity contribution in [3.8, 4) is 11.5 Å². The molecular weight excluding hydrogens is 326 g/mol. The standard InChI is InChI=1S/C14H14ClN3O3S/c1-20-8-4-5-10(11(6-8)21-2)17-13(19)9-7-16-14(22-3)18-12(9)15/h4-7H,1-3H3,(H,17,19). The van der Waals surface area contributed by atoms with Crippen molar-refractivity contribution in [3.05, 3.63) is 35.1 Å². The van der Waals surface area contributed by atoms with Gasteiger partial charge in [-0.1, -0.05) is 23.4 Å². The predicted octanol–water partition coefficient (Wildman–Crippen LogP) is 3.12. The van der Waals surface area contributed by atoms with Crippen LogP contribution in [0.2, 0.25) is 5.15 Å². The van der Waals surface area contributed by atoms with E-state index < -0.39 is 5.91 Å². The Morgan fingerprint density at radius 1 is 1.32 bits per heavy atom. The molecule has 0 saturated heterocycles. The number of thioether (sulfide) groups is 1. The summed E-state index contributed by atoms with van der Waals surface area (Å²) < 4.78 is 10.3. The Labute approximate surface area is 137 Å². The van der Waals surface area contributed by atoms with Gasteiger partial charge in [-0.3, -0.25) is 4.79 Å². The molecule has 0 atom stereocenters. The van der Waals surface area contributed by atoms with E-state index in [9.17, 15) is 4.79 Å². The van der Waals surface area contributed by atoms with Gasteiger partial charge in [-0.25, -0.2) is 9.97 Å². The molecule has 0 fully saturated rings. The van der Waals surface area contributed by atoms with Crippen LogP contribution in [-0.2, 0) is 0 Å². The molecular formula is C14H14ClN3O3S. The fourth-order valence-corrected chi connectivity index (χ4v) is 2.29. The van der Waals surface area contributed by atoms with Crippen molar-refractivity contribution in [1.29, 1.82) is 0 Å². The molecule has 0 saturated carbocycles. The molecule has 1 aromatic heterocycles. The van der Waals surface area contributed by atoms with Crippen LogP contribution < -0.4 is 14.8 Å². The maximum atomic E-state index is 12.3. The fourth-order valence-electron chi connectivity index (χ4n) is 1.69. The summed E-state index contributed by atoms with van der Waals surface area (Å²) in [7, 11) is 3.06. The molecule has 2 aromatic rings. The minimum atomic E-state index is -0.416. The zero-order chi connectivity index (χ0) is 16.1. The van der Waals surface area contributed by atoms with Crippen LogP contribution in [0.1, 0.15) is 10.4 Å². The van der Waals surface area contributed by atoms with Gasteiger partial charge in [0.25, 0.3) is 5.91 Å². The van der Waals surface area contributed by atoms with Gasteiger partial charge in [0.05, 0.1) is 25.5 Å². The fraction of sp³-hybridized carbons (Fsp3) is 0.214. The highest BCUT2D eigenvalue weighted by molar-refractivity contribution is 7.98. The number of methoxy groups -OCH3 is 2. The second-order valence-electron chi connectivity index (χ2n) is 4.08. The van der Waals surface area contributed by atoms with Crippen molar-refractivity contribution < 1.29 is 14.3 Å². The summed E-state index contributed by atoms with van der Waals surface area (Å²) in [5.74, 6) is 0.687. The molecule has 0 aliphatic heterocycles. The van der Waals surface area contributed by atoms with Gasteiger partial charge in [0.2, 0.25) is 0 Å². The number of hydrogen-bond acceptors (Lipinski definition) is 6. The van der Waals surface area contributed by atoms with Gasteiger partial charge in [-0.05, 0) is 18.4 Å². The van der Waals surface area contributed by atoms with E-state index in [4.69, 9.17) is 21.1 Å². The monoisotopic (exact) mass is 339 g/mol. The number of rotatable bonds is 5. The Balaban J connectivity index is 2.25. The number of nitrogens with one attached hydrogen (secondary N) is 1. The number of halogens is 1. The molecule has 0 aliphatic rings. The van der Waals surface area contributed by atoms with Crippen molar-refractivity contribution >= 4 is 35.0 Å². The van der Waals surface area contributed by atoms with Gasteiger partial charge >= 0.3 is 0 Å². The molecule has 1 amide bonds. The van der Waals surface area contributed by atoms with Gasteiger partial charge in [-0.15, -0.1) is 0 Å². The van der Waals surface area contributed by atoms with Gasteiger partial charge in [0, 0.05) is 12.3 Å². The SMILES string of the molecule is COc1ccc(NC(=O)c2cnc(SC)nc2Cl)c(OC)c1. The third-order valence-corrected chi connectivity index (χ3v) is 3.65. The Kier molecular flexibility index (Phi) is 5.46. The zero-order valence-corrected chi connectivity index (χ0v) is 13.8. The smallest absolute Gasteiger partial charge is 0.260 e. The number of amides is 1. The second kappa shape index (κ2) is 7.33. The molecule has 0 unspecified atom stereocenters. The molecule has 22 heavy (non-hydrogen) atoms. The highest BCUT2D eigenvalue weighted by atomic mass is 35.5. The second-order valence-corrected chi connectivity index (χ2v) is 5.21. The number of benzene rings is 1. The van der Waals surface area contributed by atoms with Crippen LogP contribution in [0, 0.1) is 0 Å². The molecule has 0 radical (unpaired) electrons. The Hall–Kier alpha value is -1.99. The number of nitrogens with zero attached hydrogens (tertiary/aromatic N) is 2. The molecule has 0 aliphatic carbocycles. The average molecular weight is 340 g/mol. The first-order valence-electron chi connectivity index (χ1n) is 6.19. The normalized spacial score (nSPS) is 10.2. The summed E-state index contributed by atoms with van der Waals surface area (Å²) >= 11 is 7.36. The quantitative estimate of drug-likeness (QED) is 0.512. The van der Waals surface area contributed by atoms with Crippen LogP contribution in [0.25, 0.3) is 0 Å². The highest BCUT2D eigenvalue weighted by Crippen LogP contribution is 2.29. The summed E-state index contributed by atoms with van der Waals surface area (Å²) in [6, 6.07) is 5.07. The van der Waals surface area contributed by atoms with Crippen LogP contribution in [0.15, 0.2) is 29.6 Å². The number of aromatic nitrogens is 2. The van der Waals surface area contributed by atoms with E-state index in [0.717, 1.165) is 0 Å². The molecule has 6 nitrogen and oxygen atoms in total. The average Bonchev–Trinajstić information content (AvgIpc) is 2.54. The van der Waals surface area contributed by atoms with E-state index in [2.05, 4.69) is 15.3 Å². The lowest BCUT2D eigenvalue weighted by Gasteiger charge is -2.12. The predicted molar refractivity (Wildman–Crippen MR) is 86.3 cm³/mol. The first-order chi connectivity index (χ1) is 10.6. The zero-order valence-electron chi connectivity index (χ0n) is 12.2. The summed E-state index contributed by atoms with van der Waals surface area (Å²) in [6.45, 7) is 0. The van der Waals surface area contributed by atoms with E-state index >= 15 is 0 Å². The number of carbonyl (C=O) groups excluding carboxylic acids is 1. The molecule has 8 heteroatoms. The Bertz CT molecular complexity index is 697. The van der Waals surface area contributed by atoms with Crippen molar-refractivity contribution in [3.63, 3.8) is 0 Å². The van der Waals surface area contributed by atoms with Crippen molar-refractivity contribution in [2.45, 2.75) is 5.16 Å².